The topological polar surface area (TPSA) is 111 Å². The number of aromatic nitrogens is 1. The van der Waals surface area contributed by atoms with Crippen molar-refractivity contribution in [2.24, 2.45) is 5.73 Å². The minimum absolute atomic E-state index is 0.352. The van der Waals surface area contributed by atoms with Gasteiger partial charge in [0.05, 0.1) is 24.8 Å². The molecular weight excluding hydrogens is 270 g/mol. The summed E-state index contributed by atoms with van der Waals surface area (Å²) in [6.45, 7) is 0.855. The van der Waals surface area contributed by atoms with E-state index in [4.69, 9.17) is 5.73 Å². The molecule has 0 aliphatic heterocycles. The Labute approximate surface area is 123 Å². The molecule has 0 saturated heterocycles. The van der Waals surface area contributed by atoms with E-state index in [-0.39, 0.29) is 13.2 Å². The van der Waals surface area contributed by atoms with Crippen molar-refractivity contribution in [1.29, 1.82) is 0 Å². The van der Waals surface area contributed by atoms with Crippen LogP contribution in [0.1, 0.15) is 12.5 Å². The van der Waals surface area contributed by atoms with Gasteiger partial charge in [-0.2, -0.15) is 0 Å². The van der Waals surface area contributed by atoms with Gasteiger partial charge in [0.1, 0.15) is 0 Å². The average molecular weight is 291 g/mol. The Morgan fingerprint density at radius 1 is 1.38 bits per heavy atom. The first-order valence-electron chi connectivity index (χ1n) is 6.83. The van der Waals surface area contributed by atoms with Crippen LogP contribution in [0.25, 0.3) is 10.9 Å². The number of aromatic amines is 1. The fraction of sp³-hybridized carbons (Fsp3) is 0.400. The van der Waals surface area contributed by atoms with Crippen molar-refractivity contribution in [2.45, 2.75) is 24.9 Å². The average Bonchev–Trinajstić information content (AvgIpc) is 2.90. The Balaban J connectivity index is 2.07. The van der Waals surface area contributed by atoms with E-state index in [1.54, 1.807) is 6.92 Å². The van der Waals surface area contributed by atoms with E-state index in [2.05, 4.69) is 10.3 Å². The van der Waals surface area contributed by atoms with Gasteiger partial charge in [0.2, 0.25) is 5.91 Å². The number of aliphatic hydroxyl groups excluding tert-OH is 2. The second kappa shape index (κ2) is 6.26. The molecule has 0 spiro atoms. The fourth-order valence-electron chi connectivity index (χ4n) is 2.15. The van der Waals surface area contributed by atoms with E-state index in [1.165, 1.54) is 0 Å². The summed E-state index contributed by atoms with van der Waals surface area (Å²) in [5.74, 6) is -0.397. The molecule has 0 radical (unpaired) electrons. The number of aliphatic hydroxyl groups is 2. The predicted molar refractivity (Wildman–Crippen MR) is 80.7 cm³/mol. The van der Waals surface area contributed by atoms with Crippen LogP contribution in [0.5, 0.6) is 0 Å². The van der Waals surface area contributed by atoms with Crippen molar-refractivity contribution in [2.75, 3.05) is 13.2 Å². The smallest absolute Gasteiger partial charge is 0.237 e. The van der Waals surface area contributed by atoms with Crippen molar-refractivity contribution < 1.29 is 15.0 Å². The second-order valence-corrected chi connectivity index (χ2v) is 5.54. The number of benzene rings is 1. The lowest BCUT2D eigenvalue weighted by atomic mass is 10.0. The maximum absolute atomic E-state index is 12.1. The normalized spacial score (nSPS) is 13.3. The molecule has 0 saturated carbocycles. The largest absolute Gasteiger partial charge is 0.394 e. The molecule has 1 aromatic carbocycles. The summed E-state index contributed by atoms with van der Waals surface area (Å²) in [5.41, 5.74) is 6.82. The number of carbonyl (C=O) groups excluding carboxylic acids is 1. The van der Waals surface area contributed by atoms with Gasteiger partial charge in [0, 0.05) is 17.1 Å². The Bertz CT molecular complexity index is 619. The summed E-state index contributed by atoms with van der Waals surface area (Å²) in [6, 6.07) is 7.04. The van der Waals surface area contributed by atoms with Gasteiger partial charge in [0.15, 0.2) is 0 Å². The standard InChI is InChI=1S/C15H21N3O3/c1-15(8-19,9-20)18-14(21)12(16)6-10-7-17-13-5-3-2-4-11(10)13/h2-5,7,12,17,19-20H,6,8-9,16H2,1H3,(H,18,21). The zero-order chi connectivity index (χ0) is 15.5. The maximum Gasteiger partial charge on any atom is 0.237 e. The molecule has 0 bridgehead atoms. The summed E-state index contributed by atoms with van der Waals surface area (Å²) < 4.78 is 0. The SMILES string of the molecule is CC(CO)(CO)NC(=O)C(N)Cc1c[nH]c2ccccc12. The lowest BCUT2D eigenvalue weighted by Crippen LogP contribution is -2.56. The van der Waals surface area contributed by atoms with E-state index >= 15 is 0 Å². The van der Waals surface area contributed by atoms with E-state index in [0.717, 1.165) is 16.5 Å². The Morgan fingerprint density at radius 2 is 2.05 bits per heavy atom. The van der Waals surface area contributed by atoms with E-state index < -0.39 is 17.5 Å². The van der Waals surface area contributed by atoms with Crippen LogP contribution in [0, 0.1) is 0 Å². The van der Waals surface area contributed by atoms with Crippen LogP contribution in [0.2, 0.25) is 0 Å². The predicted octanol–water partition coefficient (Wildman–Crippen LogP) is -0.103. The highest BCUT2D eigenvalue weighted by Gasteiger charge is 2.27. The number of hydrogen-bond donors (Lipinski definition) is 5. The van der Waals surface area contributed by atoms with Crippen LogP contribution < -0.4 is 11.1 Å². The fourth-order valence-corrected chi connectivity index (χ4v) is 2.15. The van der Waals surface area contributed by atoms with Gasteiger partial charge in [-0.1, -0.05) is 18.2 Å². The highest BCUT2D eigenvalue weighted by molar-refractivity contribution is 5.86. The van der Waals surface area contributed by atoms with Crippen molar-refractivity contribution in [1.82, 2.24) is 10.3 Å². The molecule has 2 aromatic rings. The van der Waals surface area contributed by atoms with Gasteiger partial charge in [-0.25, -0.2) is 0 Å². The third-order valence-electron chi connectivity index (χ3n) is 3.57. The Morgan fingerprint density at radius 3 is 2.71 bits per heavy atom. The molecular formula is C15H21N3O3. The van der Waals surface area contributed by atoms with Gasteiger partial charge >= 0.3 is 0 Å². The molecule has 6 N–H and O–H groups in total. The van der Waals surface area contributed by atoms with E-state index in [1.807, 2.05) is 30.5 Å². The first kappa shape index (κ1) is 15.5. The zero-order valence-corrected chi connectivity index (χ0v) is 12.0. The van der Waals surface area contributed by atoms with Gasteiger partial charge < -0.3 is 26.2 Å². The lowest BCUT2D eigenvalue weighted by molar-refractivity contribution is -0.125. The van der Waals surface area contributed by atoms with Crippen molar-refractivity contribution >= 4 is 16.8 Å². The highest BCUT2D eigenvalue weighted by atomic mass is 16.3. The molecule has 1 aromatic heterocycles. The van der Waals surface area contributed by atoms with Gasteiger partial charge in [-0.15, -0.1) is 0 Å². The number of H-pyrrole nitrogens is 1. The molecule has 0 aliphatic rings. The number of rotatable bonds is 6. The molecule has 0 fully saturated rings. The summed E-state index contributed by atoms with van der Waals surface area (Å²) in [6.07, 6.45) is 2.22. The van der Waals surface area contributed by atoms with Gasteiger partial charge in [0.25, 0.3) is 0 Å². The molecule has 1 atom stereocenters. The Hall–Kier alpha value is -1.89. The minimum atomic E-state index is -1.06. The number of para-hydroxylation sites is 1. The van der Waals surface area contributed by atoms with Crippen molar-refractivity contribution in [3.8, 4) is 0 Å². The molecule has 0 aliphatic carbocycles. The summed E-state index contributed by atoms with van der Waals surface area (Å²) >= 11 is 0. The number of nitrogens with two attached hydrogens (primary N) is 1. The van der Waals surface area contributed by atoms with Crippen LogP contribution in [0.3, 0.4) is 0 Å². The molecule has 6 heteroatoms. The maximum atomic E-state index is 12.1. The number of amides is 1. The van der Waals surface area contributed by atoms with E-state index in [0.29, 0.717) is 6.42 Å². The summed E-state index contributed by atoms with van der Waals surface area (Å²) in [4.78, 5) is 15.2. The highest BCUT2D eigenvalue weighted by Crippen LogP contribution is 2.18. The monoisotopic (exact) mass is 291 g/mol. The second-order valence-electron chi connectivity index (χ2n) is 5.54. The molecule has 2 rings (SSSR count). The lowest BCUT2D eigenvalue weighted by Gasteiger charge is -2.27. The van der Waals surface area contributed by atoms with Crippen LogP contribution in [-0.2, 0) is 11.2 Å². The van der Waals surface area contributed by atoms with Crippen molar-refractivity contribution in [3.05, 3.63) is 36.0 Å². The van der Waals surface area contributed by atoms with E-state index in [9.17, 15) is 15.0 Å². The Kier molecular flexibility index (Phi) is 4.62. The van der Waals surface area contributed by atoms with Crippen LogP contribution >= 0.6 is 0 Å². The zero-order valence-electron chi connectivity index (χ0n) is 12.0. The minimum Gasteiger partial charge on any atom is -0.394 e. The molecule has 1 unspecified atom stereocenters. The number of hydrogen-bond acceptors (Lipinski definition) is 4. The molecule has 6 nitrogen and oxygen atoms in total. The van der Waals surface area contributed by atoms with Gasteiger partial charge in [-0.3, -0.25) is 4.79 Å². The van der Waals surface area contributed by atoms with Crippen molar-refractivity contribution in [3.63, 3.8) is 0 Å². The first-order valence-corrected chi connectivity index (χ1v) is 6.83. The molecule has 114 valence electrons. The number of fused-ring (bicyclic) bond motifs is 1. The summed E-state index contributed by atoms with van der Waals surface area (Å²) in [5, 5.41) is 22.0. The molecule has 1 amide bonds. The first-order chi connectivity index (χ1) is 9.99. The number of nitrogens with one attached hydrogen (secondary N) is 2. The third kappa shape index (κ3) is 3.41. The number of carbonyl (C=O) groups is 1. The van der Waals surface area contributed by atoms with Crippen LogP contribution in [0.4, 0.5) is 0 Å². The summed E-state index contributed by atoms with van der Waals surface area (Å²) in [7, 11) is 0. The third-order valence-corrected chi connectivity index (χ3v) is 3.57. The molecule has 1 heterocycles. The van der Waals surface area contributed by atoms with Crippen LogP contribution in [0.15, 0.2) is 30.5 Å². The van der Waals surface area contributed by atoms with Crippen LogP contribution in [-0.4, -0.2) is 45.9 Å². The quantitative estimate of drug-likeness (QED) is 0.511. The van der Waals surface area contributed by atoms with Gasteiger partial charge in [-0.05, 0) is 25.0 Å². The molecule has 21 heavy (non-hydrogen) atoms.